The van der Waals surface area contributed by atoms with Crippen molar-refractivity contribution >= 4 is 22.7 Å². The number of hydrogen-bond acceptors (Lipinski definition) is 6. The molecule has 0 aliphatic carbocycles. The van der Waals surface area contributed by atoms with E-state index in [2.05, 4.69) is 10.3 Å². The number of nitrogens with zero attached hydrogens (tertiary/aromatic N) is 4. The van der Waals surface area contributed by atoms with Crippen LogP contribution in [0.1, 0.15) is 22.7 Å². The third-order valence-corrected chi connectivity index (χ3v) is 5.69. The highest BCUT2D eigenvalue weighted by atomic mass is 19.1. The van der Waals surface area contributed by atoms with Crippen molar-refractivity contribution in [3.8, 4) is 16.9 Å². The van der Waals surface area contributed by atoms with E-state index in [1.54, 1.807) is 31.3 Å². The van der Waals surface area contributed by atoms with Crippen LogP contribution in [-0.4, -0.2) is 50.4 Å². The van der Waals surface area contributed by atoms with E-state index in [4.69, 9.17) is 10.3 Å². The maximum absolute atomic E-state index is 13.7. The van der Waals surface area contributed by atoms with Gasteiger partial charge in [0.25, 0.3) is 11.8 Å². The second-order valence-electron chi connectivity index (χ2n) is 7.75. The molecule has 10 heteroatoms. The van der Waals surface area contributed by atoms with Crippen molar-refractivity contribution in [3.05, 3.63) is 65.8 Å². The van der Waals surface area contributed by atoms with Crippen LogP contribution in [0.5, 0.6) is 0 Å². The summed E-state index contributed by atoms with van der Waals surface area (Å²) in [5.41, 5.74) is 5.77. The van der Waals surface area contributed by atoms with Crippen molar-refractivity contribution in [2.75, 3.05) is 13.6 Å². The van der Waals surface area contributed by atoms with Gasteiger partial charge in [0.1, 0.15) is 11.5 Å². The van der Waals surface area contributed by atoms with Crippen LogP contribution < -0.4 is 5.73 Å². The van der Waals surface area contributed by atoms with Gasteiger partial charge >= 0.3 is 0 Å². The van der Waals surface area contributed by atoms with Gasteiger partial charge in [0.2, 0.25) is 5.60 Å². The monoisotopic (exact) mass is 435 g/mol. The summed E-state index contributed by atoms with van der Waals surface area (Å²) in [5, 5.41) is 19.4. The Balaban J connectivity index is 1.57. The number of aromatic nitrogens is 3. The van der Waals surface area contributed by atoms with E-state index >= 15 is 0 Å². The van der Waals surface area contributed by atoms with Crippen LogP contribution in [0.4, 0.5) is 4.39 Å². The summed E-state index contributed by atoms with van der Waals surface area (Å²) in [6.07, 6.45) is 0.211. The Labute approximate surface area is 180 Å². The highest BCUT2D eigenvalue weighted by Gasteiger charge is 2.48. The van der Waals surface area contributed by atoms with Crippen molar-refractivity contribution in [1.29, 1.82) is 0 Å². The Bertz CT molecular complexity index is 1390. The van der Waals surface area contributed by atoms with Gasteiger partial charge in [-0.3, -0.25) is 9.59 Å². The zero-order valence-electron chi connectivity index (χ0n) is 16.9. The minimum absolute atomic E-state index is 0.0419. The number of fused-ring (bicyclic) bond motifs is 1. The van der Waals surface area contributed by atoms with E-state index in [0.717, 1.165) is 0 Å². The first-order valence-electron chi connectivity index (χ1n) is 9.82. The van der Waals surface area contributed by atoms with Gasteiger partial charge in [0.15, 0.2) is 11.5 Å². The lowest BCUT2D eigenvalue weighted by molar-refractivity contribution is -0.144. The lowest BCUT2D eigenvalue weighted by Gasteiger charge is -2.16. The molecule has 0 spiro atoms. The molecule has 2 aromatic heterocycles. The molecule has 1 aliphatic rings. The van der Waals surface area contributed by atoms with Crippen molar-refractivity contribution in [2.45, 2.75) is 12.0 Å². The van der Waals surface area contributed by atoms with Gasteiger partial charge < -0.3 is 20.3 Å². The number of amides is 2. The first-order chi connectivity index (χ1) is 15.3. The number of primary amides is 1. The Hall–Kier alpha value is -4.05. The Kier molecular flexibility index (Phi) is 4.34. The third-order valence-electron chi connectivity index (χ3n) is 5.69. The highest BCUT2D eigenvalue weighted by Crippen LogP contribution is 2.35. The normalized spacial score (nSPS) is 18.6. The number of hydrogen-bond donors (Lipinski definition) is 2. The van der Waals surface area contributed by atoms with Crippen molar-refractivity contribution in [3.63, 3.8) is 0 Å². The number of likely N-dealkylation sites (N-methyl/N-ethyl adjacent to an activating group) is 1. The van der Waals surface area contributed by atoms with E-state index in [9.17, 15) is 19.1 Å². The van der Waals surface area contributed by atoms with Crippen LogP contribution >= 0.6 is 0 Å². The smallest absolute Gasteiger partial charge is 0.269 e. The average molecular weight is 435 g/mol. The summed E-state index contributed by atoms with van der Waals surface area (Å²) >= 11 is 0. The zero-order chi connectivity index (χ0) is 22.6. The molecule has 1 saturated heterocycles. The molecule has 1 aliphatic heterocycles. The van der Waals surface area contributed by atoms with Gasteiger partial charge in [0.05, 0.1) is 11.2 Å². The van der Waals surface area contributed by atoms with Gasteiger partial charge in [-0.05, 0) is 30.3 Å². The summed E-state index contributed by atoms with van der Waals surface area (Å²) in [6.45, 7) is 0.413. The van der Waals surface area contributed by atoms with E-state index in [-0.39, 0.29) is 17.9 Å². The maximum atomic E-state index is 13.7. The molecule has 162 valence electrons. The van der Waals surface area contributed by atoms with Gasteiger partial charge in [0, 0.05) is 37.0 Å². The Morgan fingerprint density at radius 1 is 1.25 bits per heavy atom. The molecular formula is C22H18FN5O4. The SMILES string of the molecule is CN1CCC(O)(c2cc(-c3cccc(-n4nc(C(N)=O)c5cc(F)ccc54)c3)no2)C1=O. The van der Waals surface area contributed by atoms with Gasteiger partial charge in [-0.25, -0.2) is 9.07 Å². The van der Waals surface area contributed by atoms with E-state index in [1.807, 2.05) is 0 Å². The van der Waals surface area contributed by atoms with Gasteiger partial charge in [-0.15, -0.1) is 0 Å². The number of aliphatic hydroxyl groups is 1. The Morgan fingerprint density at radius 2 is 2.06 bits per heavy atom. The van der Waals surface area contributed by atoms with Crippen molar-refractivity contribution in [1.82, 2.24) is 19.8 Å². The third kappa shape index (κ3) is 2.95. The standard InChI is InChI=1S/C22H18FN5O4/c1-27-8-7-22(31,21(27)30)18-11-16(26-32-18)12-3-2-4-14(9-12)28-17-6-5-13(23)10-15(17)19(25-28)20(24)29/h2-6,9-11,31H,7-8H2,1H3,(H2,24,29). The summed E-state index contributed by atoms with van der Waals surface area (Å²) in [5.74, 6) is -1.64. The van der Waals surface area contributed by atoms with Gasteiger partial charge in [-0.2, -0.15) is 5.10 Å². The zero-order valence-corrected chi connectivity index (χ0v) is 16.9. The quantitative estimate of drug-likeness (QED) is 0.505. The molecule has 3 N–H and O–H groups in total. The molecule has 1 fully saturated rings. The average Bonchev–Trinajstić information content (AvgIpc) is 3.48. The predicted octanol–water partition coefficient (Wildman–Crippen LogP) is 1.97. The largest absolute Gasteiger partial charge is 0.373 e. The van der Waals surface area contributed by atoms with Crippen molar-refractivity contribution in [2.24, 2.45) is 5.73 Å². The first-order valence-corrected chi connectivity index (χ1v) is 9.82. The summed E-state index contributed by atoms with van der Waals surface area (Å²) < 4.78 is 20.5. The molecule has 2 aromatic carbocycles. The van der Waals surface area contributed by atoms with Crippen molar-refractivity contribution < 1.29 is 23.6 Å². The first kappa shape index (κ1) is 19.9. The van der Waals surface area contributed by atoms with E-state index < -0.39 is 23.2 Å². The number of carbonyl (C=O) groups excluding carboxylic acids is 2. The van der Waals surface area contributed by atoms with E-state index in [1.165, 1.54) is 33.8 Å². The van der Waals surface area contributed by atoms with Crippen LogP contribution in [0, 0.1) is 5.82 Å². The minimum Gasteiger partial charge on any atom is -0.373 e. The topological polar surface area (TPSA) is 127 Å². The molecule has 9 nitrogen and oxygen atoms in total. The molecule has 2 amide bonds. The molecular weight excluding hydrogens is 417 g/mol. The minimum atomic E-state index is -1.74. The molecule has 1 unspecified atom stereocenters. The molecule has 5 rings (SSSR count). The predicted molar refractivity (Wildman–Crippen MR) is 111 cm³/mol. The van der Waals surface area contributed by atoms with Crippen LogP contribution in [0.15, 0.2) is 53.1 Å². The maximum Gasteiger partial charge on any atom is 0.269 e. The molecule has 32 heavy (non-hydrogen) atoms. The summed E-state index contributed by atoms with van der Waals surface area (Å²) in [4.78, 5) is 25.6. The molecule has 0 saturated carbocycles. The second kappa shape index (κ2) is 6.99. The number of benzene rings is 2. The number of halogens is 1. The van der Waals surface area contributed by atoms with Crippen LogP contribution in [-0.2, 0) is 10.4 Å². The fourth-order valence-corrected chi connectivity index (χ4v) is 3.95. The number of rotatable bonds is 4. The summed E-state index contributed by atoms with van der Waals surface area (Å²) in [7, 11) is 1.61. The molecule has 1 atom stereocenters. The molecule has 4 aromatic rings. The lowest BCUT2D eigenvalue weighted by atomic mass is 9.98. The second-order valence-corrected chi connectivity index (χ2v) is 7.75. The number of carbonyl (C=O) groups is 2. The van der Waals surface area contributed by atoms with Crippen LogP contribution in [0.2, 0.25) is 0 Å². The summed E-state index contributed by atoms with van der Waals surface area (Å²) in [6, 6.07) is 12.6. The fourth-order valence-electron chi connectivity index (χ4n) is 3.95. The molecule has 0 bridgehead atoms. The van der Waals surface area contributed by atoms with Crippen LogP contribution in [0.3, 0.4) is 0 Å². The van der Waals surface area contributed by atoms with Crippen LogP contribution in [0.25, 0.3) is 27.8 Å². The number of likely N-dealkylation sites (tertiary alicyclic amines) is 1. The molecule has 0 radical (unpaired) electrons. The van der Waals surface area contributed by atoms with E-state index in [0.29, 0.717) is 34.4 Å². The van der Waals surface area contributed by atoms with Gasteiger partial charge in [-0.1, -0.05) is 17.3 Å². The lowest BCUT2D eigenvalue weighted by Crippen LogP contribution is -2.35. The molecule has 3 heterocycles. The Morgan fingerprint density at radius 3 is 2.78 bits per heavy atom. The number of nitrogens with two attached hydrogens (primary N) is 1. The fraction of sp³-hybridized carbons (Fsp3) is 0.182. The highest BCUT2D eigenvalue weighted by molar-refractivity contribution is 6.04.